The number of carbonyl (C=O) groups is 1. The normalized spacial score (nSPS) is 15.4. The molecule has 0 atom stereocenters. The van der Waals surface area contributed by atoms with Gasteiger partial charge in [-0.1, -0.05) is 6.07 Å². The molecule has 1 aliphatic heterocycles. The van der Waals surface area contributed by atoms with E-state index in [1.165, 1.54) is 0 Å². The molecule has 0 radical (unpaired) electrons. The third-order valence-corrected chi connectivity index (χ3v) is 4.25. The topological polar surface area (TPSA) is 117 Å². The Kier molecular flexibility index (Phi) is 3.88. The lowest BCUT2D eigenvalue weighted by Gasteiger charge is -2.23. The predicted molar refractivity (Wildman–Crippen MR) is 93.1 cm³/mol. The van der Waals surface area contributed by atoms with Crippen molar-refractivity contribution in [3.63, 3.8) is 0 Å². The zero-order valence-corrected chi connectivity index (χ0v) is 13.6. The number of carbonyl (C=O) groups excluding carboxylic acids is 1. The van der Waals surface area contributed by atoms with Gasteiger partial charge in [0.05, 0.1) is 6.33 Å². The maximum absolute atomic E-state index is 12.6. The van der Waals surface area contributed by atoms with Crippen LogP contribution in [0.5, 0.6) is 0 Å². The van der Waals surface area contributed by atoms with Crippen LogP contribution >= 0.6 is 0 Å². The summed E-state index contributed by atoms with van der Waals surface area (Å²) < 4.78 is 0. The molecule has 0 saturated carbocycles. The van der Waals surface area contributed by atoms with E-state index in [0.29, 0.717) is 31.0 Å². The molecular weight excluding hydrogens is 320 g/mol. The third-order valence-electron chi connectivity index (χ3n) is 4.25. The predicted octanol–water partition coefficient (Wildman–Crippen LogP) is 0.683. The average molecular weight is 338 g/mol. The molecule has 0 unspecified atom stereocenters. The molecule has 9 nitrogen and oxygen atoms in total. The highest BCUT2D eigenvalue weighted by Crippen LogP contribution is 2.23. The van der Waals surface area contributed by atoms with Gasteiger partial charge in [-0.2, -0.15) is 9.97 Å². The van der Waals surface area contributed by atoms with Gasteiger partial charge in [-0.05, 0) is 18.6 Å². The number of aromatic nitrogens is 5. The van der Waals surface area contributed by atoms with Gasteiger partial charge in [0.25, 0.3) is 5.91 Å². The Morgan fingerprint density at radius 2 is 2.04 bits per heavy atom. The smallest absolute Gasteiger partial charge is 0.272 e. The van der Waals surface area contributed by atoms with Crippen molar-refractivity contribution in [1.82, 2.24) is 29.8 Å². The molecular formula is C16H18N8O. The van der Waals surface area contributed by atoms with Crippen LogP contribution in [0.1, 0.15) is 16.9 Å². The fraction of sp³-hybridized carbons (Fsp3) is 0.312. The van der Waals surface area contributed by atoms with E-state index in [1.54, 1.807) is 24.7 Å². The number of amides is 1. The van der Waals surface area contributed by atoms with Crippen LogP contribution in [0.4, 0.5) is 11.8 Å². The van der Waals surface area contributed by atoms with E-state index in [9.17, 15) is 4.79 Å². The fourth-order valence-corrected chi connectivity index (χ4v) is 3.05. The first kappa shape index (κ1) is 15.3. The quantitative estimate of drug-likeness (QED) is 0.705. The zero-order chi connectivity index (χ0) is 17.2. The van der Waals surface area contributed by atoms with Crippen LogP contribution in [-0.2, 0) is 0 Å². The Morgan fingerprint density at radius 3 is 2.88 bits per heavy atom. The van der Waals surface area contributed by atoms with Crippen LogP contribution in [-0.4, -0.2) is 61.9 Å². The van der Waals surface area contributed by atoms with Gasteiger partial charge >= 0.3 is 0 Å². The Hall–Kier alpha value is -3.23. The van der Waals surface area contributed by atoms with Crippen LogP contribution < -0.4 is 10.6 Å². The highest BCUT2D eigenvalue weighted by atomic mass is 16.2. The molecule has 0 aromatic carbocycles. The summed E-state index contributed by atoms with van der Waals surface area (Å²) in [5.41, 5.74) is 7.59. The van der Waals surface area contributed by atoms with Gasteiger partial charge in [0, 0.05) is 32.4 Å². The number of rotatable bonds is 2. The largest absolute Gasteiger partial charge is 0.368 e. The first-order valence-electron chi connectivity index (χ1n) is 8.14. The summed E-state index contributed by atoms with van der Waals surface area (Å²) in [6, 6.07) is 5.36. The summed E-state index contributed by atoms with van der Waals surface area (Å²) in [5, 5.41) is 0. The number of hydrogen-bond donors (Lipinski definition) is 2. The Bertz CT molecular complexity index is 894. The summed E-state index contributed by atoms with van der Waals surface area (Å²) in [7, 11) is 0. The fourth-order valence-electron chi connectivity index (χ4n) is 3.05. The Labute approximate surface area is 143 Å². The van der Waals surface area contributed by atoms with Gasteiger partial charge in [0.15, 0.2) is 11.5 Å². The van der Waals surface area contributed by atoms with E-state index in [0.717, 1.165) is 24.3 Å². The number of hydrogen-bond acceptors (Lipinski definition) is 7. The van der Waals surface area contributed by atoms with Gasteiger partial charge in [0.1, 0.15) is 11.2 Å². The minimum Gasteiger partial charge on any atom is -0.368 e. The molecule has 1 amide bonds. The van der Waals surface area contributed by atoms with E-state index in [4.69, 9.17) is 5.73 Å². The van der Waals surface area contributed by atoms with Crippen LogP contribution in [0.15, 0.2) is 30.7 Å². The average Bonchev–Trinajstić information content (AvgIpc) is 2.96. The molecule has 0 bridgehead atoms. The molecule has 1 saturated heterocycles. The van der Waals surface area contributed by atoms with Crippen LogP contribution in [0.2, 0.25) is 0 Å². The van der Waals surface area contributed by atoms with Crippen LogP contribution in [0.25, 0.3) is 11.2 Å². The molecule has 3 aromatic rings. The maximum Gasteiger partial charge on any atom is 0.272 e. The van der Waals surface area contributed by atoms with Crippen molar-refractivity contribution >= 4 is 28.8 Å². The van der Waals surface area contributed by atoms with E-state index in [1.807, 2.05) is 11.0 Å². The minimum atomic E-state index is -0.0451. The van der Waals surface area contributed by atoms with Crippen molar-refractivity contribution in [2.45, 2.75) is 6.42 Å². The van der Waals surface area contributed by atoms with E-state index < -0.39 is 0 Å². The van der Waals surface area contributed by atoms with Crippen molar-refractivity contribution in [1.29, 1.82) is 0 Å². The van der Waals surface area contributed by atoms with Gasteiger partial charge in [-0.25, -0.2) is 4.98 Å². The molecule has 0 aliphatic carbocycles. The minimum absolute atomic E-state index is 0.0451. The summed E-state index contributed by atoms with van der Waals surface area (Å²) in [6.45, 7) is 2.70. The first-order valence-corrected chi connectivity index (χ1v) is 8.14. The van der Waals surface area contributed by atoms with Crippen LogP contribution in [0, 0.1) is 0 Å². The number of H-pyrrole nitrogens is 1. The molecule has 4 rings (SSSR count). The SMILES string of the molecule is Nc1nc(N2CCCN(C(=O)c3ccccn3)CC2)c2[nH]cnc2n1. The monoisotopic (exact) mass is 338 g/mol. The van der Waals surface area contributed by atoms with E-state index >= 15 is 0 Å². The number of nitrogens with two attached hydrogens (primary N) is 1. The molecule has 4 heterocycles. The third kappa shape index (κ3) is 2.95. The van der Waals surface area contributed by atoms with Gasteiger partial charge in [0.2, 0.25) is 5.95 Å². The highest BCUT2D eigenvalue weighted by molar-refractivity contribution is 5.92. The lowest BCUT2D eigenvalue weighted by molar-refractivity contribution is 0.0761. The number of aromatic amines is 1. The molecule has 3 N–H and O–H groups in total. The first-order chi connectivity index (χ1) is 12.2. The van der Waals surface area contributed by atoms with Gasteiger partial charge in [-0.3, -0.25) is 9.78 Å². The lowest BCUT2D eigenvalue weighted by atomic mass is 10.3. The number of pyridine rings is 1. The van der Waals surface area contributed by atoms with Crippen molar-refractivity contribution in [3.05, 3.63) is 36.4 Å². The summed E-state index contributed by atoms with van der Waals surface area (Å²) in [5.74, 6) is 0.878. The summed E-state index contributed by atoms with van der Waals surface area (Å²) in [4.78, 5) is 36.4. The van der Waals surface area contributed by atoms with Crippen molar-refractivity contribution in [3.8, 4) is 0 Å². The second kappa shape index (κ2) is 6.34. The second-order valence-corrected chi connectivity index (χ2v) is 5.85. The molecule has 9 heteroatoms. The highest BCUT2D eigenvalue weighted by Gasteiger charge is 2.23. The zero-order valence-electron chi connectivity index (χ0n) is 13.6. The molecule has 0 spiro atoms. The van der Waals surface area contributed by atoms with Crippen LogP contribution in [0.3, 0.4) is 0 Å². The molecule has 3 aromatic heterocycles. The lowest BCUT2D eigenvalue weighted by Crippen LogP contribution is -2.35. The summed E-state index contributed by atoms with van der Waals surface area (Å²) >= 11 is 0. The summed E-state index contributed by atoms with van der Waals surface area (Å²) in [6.07, 6.45) is 4.05. The maximum atomic E-state index is 12.6. The number of nitrogens with zero attached hydrogens (tertiary/aromatic N) is 6. The molecule has 1 aliphatic rings. The molecule has 128 valence electrons. The van der Waals surface area contributed by atoms with Gasteiger partial charge in [-0.15, -0.1) is 0 Å². The Balaban J connectivity index is 1.55. The van der Waals surface area contributed by atoms with E-state index in [-0.39, 0.29) is 11.9 Å². The molecule has 1 fully saturated rings. The molecule has 25 heavy (non-hydrogen) atoms. The van der Waals surface area contributed by atoms with Crippen molar-refractivity contribution < 1.29 is 4.79 Å². The van der Waals surface area contributed by atoms with Gasteiger partial charge < -0.3 is 20.5 Å². The number of nitrogen functional groups attached to an aromatic ring is 1. The second-order valence-electron chi connectivity index (χ2n) is 5.85. The number of imidazole rings is 1. The van der Waals surface area contributed by atoms with E-state index in [2.05, 4.69) is 29.8 Å². The van der Waals surface area contributed by atoms with Crippen molar-refractivity contribution in [2.24, 2.45) is 0 Å². The number of fused-ring (bicyclic) bond motifs is 1. The van der Waals surface area contributed by atoms with Crippen molar-refractivity contribution in [2.75, 3.05) is 36.8 Å². The number of anilines is 2. The Morgan fingerprint density at radius 1 is 1.12 bits per heavy atom. The number of nitrogens with one attached hydrogen (secondary N) is 1. The standard InChI is InChI=1S/C16H18N8O/c17-16-21-13-12(19-10-20-13)14(22-16)23-6-3-7-24(9-8-23)15(25)11-4-1-2-5-18-11/h1-2,4-5,10H,3,6-9H2,(H3,17,19,20,21,22).